The van der Waals surface area contributed by atoms with Gasteiger partial charge in [-0.2, -0.15) is 0 Å². The van der Waals surface area contributed by atoms with Crippen LogP contribution >= 0.6 is 0 Å². The van der Waals surface area contributed by atoms with Gasteiger partial charge in [-0.05, 0) is 146 Å². The fourth-order valence-corrected chi connectivity index (χ4v) is 15.2. The van der Waals surface area contributed by atoms with Gasteiger partial charge in [0.1, 0.15) is 18.5 Å². The molecule has 4 N–H and O–H groups in total. The standard InChI is InChI=1S/C67H92N4O14/c1-44-23-28-67(83-42-44)45(2)64-61(85-67)40-54-51-18-17-48-38-50(24-26-65(48,3)53(51)25-27-66(54,64)4)84-63(77)43-82-35-34-81-33-32-80-31-29-68-62(76)12-10-8-7-9-11-30-71-41-49(69-70-71)39-52(55(72)19-13-46-15-21-57(74)59(36-46)78-5)56(73)20-14-47-16-22-58(75)60(37-47)79-6/h13-17,19-22,36-37,41,44-45,50-51,53-54,61,64,72,74-75H,7-12,18,23-35,38-40,42-43H2,1-6H3,(H,68,76)/b19-13+,20-14+,55-52?/t44-,45+,50+,51-,53+,54+,61+,64+,65+,66+,67-/m1/s1. The van der Waals surface area contributed by atoms with Gasteiger partial charge in [-0.1, -0.05) is 88.1 Å². The van der Waals surface area contributed by atoms with E-state index in [2.05, 4.69) is 49.4 Å². The van der Waals surface area contributed by atoms with E-state index in [0.717, 1.165) is 77.2 Å². The number of benzene rings is 2. The largest absolute Gasteiger partial charge is 0.508 e. The number of aliphatic hydroxyl groups excluding tert-OH is 1. The van der Waals surface area contributed by atoms with Gasteiger partial charge in [0.15, 0.2) is 34.6 Å². The van der Waals surface area contributed by atoms with E-state index in [-0.39, 0.29) is 83.1 Å². The van der Waals surface area contributed by atoms with Crippen molar-refractivity contribution in [2.24, 2.45) is 46.3 Å². The number of rotatable bonds is 29. The summed E-state index contributed by atoms with van der Waals surface area (Å²) < 4.78 is 48.5. The Labute approximate surface area is 501 Å². The van der Waals surface area contributed by atoms with Crippen molar-refractivity contribution < 1.29 is 67.6 Å². The van der Waals surface area contributed by atoms with Crippen molar-refractivity contribution >= 4 is 29.8 Å². The molecule has 18 nitrogen and oxygen atoms in total. The lowest BCUT2D eigenvalue weighted by molar-refractivity contribution is -0.272. The van der Waals surface area contributed by atoms with Crippen molar-refractivity contribution in [3.8, 4) is 23.0 Å². The Kier molecular flexibility index (Phi) is 21.7. The highest BCUT2D eigenvalue weighted by Crippen LogP contribution is 2.70. The number of phenols is 2. The molecule has 6 aliphatic rings. The molecular formula is C67H92N4O14. The molecule has 85 heavy (non-hydrogen) atoms. The SMILES string of the molecule is COc1cc(/C=C/C(=O)C(Cc2cn(CCCCCCCC(=O)NCCOCCOCCOCC(=O)O[C@H]3CC[C@@]4(C)C(=CC[C@H]5[C@@H]6C[C@@H]7O[C@]8(CC[C@@H](C)CO8)[C@@H](C)[C@@H]7[C@@]6(C)CC[C@@H]54)C3)nn2)=C(O)/C=C/c2ccc(O)c(OC)c2)ccc1O. The lowest BCUT2D eigenvalue weighted by atomic mass is 9.47. The van der Waals surface area contributed by atoms with Gasteiger partial charge >= 0.3 is 5.97 Å². The molecule has 2 saturated heterocycles. The first kappa shape index (κ1) is 63.5. The maximum Gasteiger partial charge on any atom is 0.332 e. The summed E-state index contributed by atoms with van der Waals surface area (Å²) in [6.45, 7) is 13.3. The molecule has 0 unspecified atom stereocenters. The molecule has 1 amide bonds. The van der Waals surface area contributed by atoms with Gasteiger partial charge in [0.05, 0.1) is 65.7 Å². The number of carbonyl (C=O) groups excluding carboxylic acids is 3. The number of aromatic hydroxyl groups is 2. The maximum atomic E-state index is 13.6. The summed E-state index contributed by atoms with van der Waals surface area (Å²) in [7, 11) is 2.88. The van der Waals surface area contributed by atoms with Crippen molar-refractivity contribution in [2.45, 2.75) is 155 Å². The van der Waals surface area contributed by atoms with Gasteiger partial charge in [0.25, 0.3) is 0 Å². The first-order valence-electron chi connectivity index (χ1n) is 31.2. The van der Waals surface area contributed by atoms with Crippen LogP contribution in [-0.2, 0) is 55.8 Å². The lowest BCUT2D eigenvalue weighted by Crippen LogP contribution is -2.52. The highest BCUT2D eigenvalue weighted by Gasteiger charge is 2.68. The predicted octanol–water partition coefficient (Wildman–Crippen LogP) is 10.8. The van der Waals surface area contributed by atoms with Crippen molar-refractivity contribution in [3.63, 3.8) is 0 Å². The normalized spacial score (nSPS) is 29.0. The Morgan fingerprint density at radius 1 is 0.824 bits per heavy atom. The van der Waals surface area contributed by atoms with Crippen molar-refractivity contribution in [2.75, 3.05) is 67.0 Å². The maximum absolute atomic E-state index is 13.6. The van der Waals surface area contributed by atoms with E-state index in [9.17, 15) is 29.7 Å². The van der Waals surface area contributed by atoms with Gasteiger partial charge in [-0.25, -0.2) is 4.79 Å². The fourth-order valence-electron chi connectivity index (χ4n) is 15.2. The summed E-state index contributed by atoms with van der Waals surface area (Å²) in [5, 5.41) is 42.6. The number of aromatic nitrogens is 3. The van der Waals surface area contributed by atoms with E-state index >= 15 is 0 Å². The van der Waals surface area contributed by atoms with Gasteiger partial charge in [0, 0.05) is 56.5 Å². The minimum atomic E-state index is -0.454. The average molecular weight is 1180 g/mol. The number of esters is 1. The van der Waals surface area contributed by atoms with Crippen molar-refractivity contribution in [1.29, 1.82) is 0 Å². The molecule has 0 radical (unpaired) electrons. The molecular weight excluding hydrogens is 1080 g/mol. The molecule has 9 rings (SSSR count). The number of fused-ring (bicyclic) bond motifs is 7. The Balaban J connectivity index is 0.587. The summed E-state index contributed by atoms with van der Waals surface area (Å²) in [6, 6.07) is 9.42. The Bertz CT molecular complexity index is 2890. The number of aryl methyl sites for hydroxylation is 1. The number of hydrogen-bond donors (Lipinski definition) is 4. The summed E-state index contributed by atoms with van der Waals surface area (Å²) in [5.41, 5.74) is 3.76. The number of aliphatic hydroxyl groups is 1. The topological polar surface area (TPSA) is 228 Å². The molecule has 464 valence electrons. The van der Waals surface area contributed by atoms with Crippen LogP contribution in [0, 0.1) is 46.3 Å². The number of methoxy groups -OCH3 is 2. The number of phenolic OH excluding ortho intramolecular Hbond substituents is 2. The average Bonchev–Trinajstić information content (AvgIpc) is 1.67. The highest BCUT2D eigenvalue weighted by atomic mass is 16.7. The Morgan fingerprint density at radius 3 is 2.24 bits per heavy atom. The molecule has 2 aromatic carbocycles. The van der Waals surface area contributed by atoms with Crippen LogP contribution in [0.1, 0.15) is 141 Å². The van der Waals surface area contributed by atoms with Crippen molar-refractivity contribution in [1.82, 2.24) is 20.3 Å². The highest BCUT2D eigenvalue weighted by molar-refractivity contribution is 6.07. The number of unbranched alkanes of at least 4 members (excludes halogenated alkanes) is 4. The molecule has 3 aromatic rings. The second kappa shape index (κ2) is 29.1. The molecule has 0 bridgehead atoms. The molecule has 18 heteroatoms. The van der Waals surface area contributed by atoms with Crippen LogP contribution in [0.5, 0.6) is 23.0 Å². The lowest BCUT2D eigenvalue weighted by Gasteiger charge is -2.58. The van der Waals surface area contributed by atoms with E-state index in [1.54, 1.807) is 47.3 Å². The number of hydrogen-bond acceptors (Lipinski definition) is 16. The first-order valence-corrected chi connectivity index (χ1v) is 31.2. The minimum absolute atomic E-state index is 0.00754. The number of carbonyl (C=O) groups is 3. The second-order valence-electron chi connectivity index (χ2n) is 25.2. The summed E-state index contributed by atoms with van der Waals surface area (Å²) in [6.07, 6.45) is 25.0. The zero-order valence-electron chi connectivity index (χ0n) is 50.9. The number of ether oxygens (including phenoxy) is 8. The van der Waals surface area contributed by atoms with Gasteiger partial charge in [-0.15, -0.1) is 5.10 Å². The summed E-state index contributed by atoms with van der Waals surface area (Å²) in [5.74, 6) is 2.66. The molecule has 1 spiro atoms. The van der Waals surface area contributed by atoms with Crippen LogP contribution < -0.4 is 14.8 Å². The monoisotopic (exact) mass is 1180 g/mol. The third-order valence-corrected chi connectivity index (χ3v) is 19.8. The number of nitrogens with one attached hydrogen (secondary N) is 1. The van der Waals surface area contributed by atoms with Gasteiger partial charge in [0.2, 0.25) is 5.91 Å². The van der Waals surface area contributed by atoms with E-state index in [1.165, 1.54) is 63.3 Å². The van der Waals surface area contributed by atoms with Crippen LogP contribution in [-0.4, -0.2) is 133 Å². The van der Waals surface area contributed by atoms with Crippen LogP contribution in [0.4, 0.5) is 0 Å². The van der Waals surface area contributed by atoms with E-state index in [1.807, 2.05) is 0 Å². The summed E-state index contributed by atoms with van der Waals surface area (Å²) >= 11 is 0. The molecule has 2 aliphatic heterocycles. The smallest absolute Gasteiger partial charge is 0.332 e. The number of amides is 1. The third-order valence-electron chi connectivity index (χ3n) is 19.8. The fraction of sp³-hybridized carbons (Fsp3) is 0.627. The van der Waals surface area contributed by atoms with E-state index < -0.39 is 5.78 Å². The number of nitrogens with zero attached hydrogens (tertiary/aromatic N) is 3. The molecule has 3 heterocycles. The van der Waals surface area contributed by atoms with E-state index in [0.29, 0.717) is 110 Å². The van der Waals surface area contributed by atoms with Gasteiger partial charge in [-0.3, -0.25) is 14.3 Å². The summed E-state index contributed by atoms with van der Waals surface area (Å²) in [4.78, 5) is 38.9. The molecule has 3 saturated carbocycles. The second-order valence-corrected chi connectivity index (χ2v) is 25.2. The molecule has 5 fully saturated rings. The van der Waals surface area contributed by atoms with Gasteiger partial charge < -0.3 is 58.5 Å². The minimum Gasteiger partial charge on any atom is -0.508 e. The van der Waals surface area contributed by atoms with E-state index in [4.69, 9.17) is 37.9 Å². The van der Waals surface area contributed by atoms with Crippen LogP contribution in [0.15, 0.2) is 77.7 Å². The number of ketones is 1. The zero-order valence-corrected chi connectivity index (χ0v) is 50.9. The zero-order chi connectivity index (χ0) is 60.1. The number of allylic oxidation sites excluding steroid dienone is 4. The third kappa shape index (κ3) is 15.4. The van der Waals surface area contributed by atoms with Crippen LogP contribution in [0.3, 0.4) is 0 Å². The Hall–Kier alpha value is -6.05. The van der Waals surface area contributed by atoms with Crippen LogP contribution in [0.2, 0.25) is 0 Å². The quantitative estimate of drug-likeness (QED) is 0.0126. The van der Waals surface area contributed by atoms with Crippen molar-refractivity contribution in [3.05, 3.63) is 94.5 Å². The Morgan fingerprint density at radius 2 is 1.52 bits per heavy atom. The molecule has 1 aromatic heterocycles. The van der Waals surface area contributed by atoms with Crippen LogP contribution in [0.25, 0.3) is 12.2 Å². The molecule has 11 atom stereocenters. The molecule has 4 aliphatic carbocycles. The first-order chi connectivity index (χ1) is 41.0. The predicted molar refractivity (Wildman–Crippen MR) is 321 cm³/mol.